The molecule has 0 spiro atoms. The van der Waals surface area contributed by atoms with Gasteiger partial charge in [0.2, 0.25) is 11.8 Å². The van der Waals surface area contributed by atoms with Crippen LogP contribution in [0.1, 0.15) is 25.1 Å². The molecule has 2 aromatic rings. The van der Waals surface area contributed by atoms with Crippen molar-refractivity contribution < 1.29 is 9.59 Å². The minimum Gasteiger partial charge on any atom is -0.353 e. The summed E-state index contributed by atoms with van der Waals surface area (Å²) >= 11 is 0. The van der Waals surface area contributed by atoms with E-state index in [9.17, 15) is 9.59 Å². The maximum Gasteiger partial charge on any atom is 0.239 e. The third-order valence-electron chi connectivity index (χ3n) is 7.55. The summed E-state index contributed by atoms with van der Waals surface area (Å²) in [6.07, 6.45) is 7.55. The number of hydrogen-bond donors (Lipinski definition) is 2. The van der Waals surface area contributed by atoms with Crippen molar-refractivity contribution in [1.29, 1.82) is 0 Å². The minimum absolute atomic E-state index is 0.0837. The second-order valence-electron chi connectivity index (χ2n) is 9.47. The predicted molar refractivity (Wildman–Crippen MR) is 128 cm³/mol. The summed E-state index contributed by atoms with van der Waals surface area (Å²) in [5, 5.41) is 3.14. The highest BCUT2D eigenvalue weighted by molar-refractivity contribution is 5.83. The van der Waals surface area contributed by atoms with Crippen molar-refractivity contribution in [3.05, 3.63) is 42.6 Å². The molecule has 3 atom stereocenters. The first-order valence-corrected chi connectivity index (χ1v) is 12.3. The number of likely N-dealkylation sites (N-methyl/N-ethyl adjacent to an activating group) is 1. The highest BCUT2D eigenvalue weighted by Crippen LogP contribution is 2.28. The van der Waals surface area contributed by atoms with Gasteiger partial charge in [-0.1, -0.05) is 6.07 Å². The average molecular weight is 467 g/mol. The third-order valence-corrected chi connectivity index (χ3v) is 7.55. The van der Waals surface area contributed by atoms with E-state index in [1.807, 2.05) is 29.3 Å². The van der Waals surface area contributed by atoms with E-state index >= 15 is 0 Å². The van der Waals surface area contributed by atoms with Crippen LogP contribution in [-0.2, 0) is 16.1 Å². The fourth-order valence-electron chi connectivity index (χ4n) is 5.58. The number of anilines is 1. The van der Waals surface area contributed by atoms with Crippen LogP contribution in [0.15, 0.2) is 36.8 Å². The summed E-state index contributed by atoms with van der Waals surface area (Å²) in [5.74, 6) is 2.13. The Balaban J connectivity index is 1.13. The molecule has 2 amide bonds. The largest absolute Gasteiger partial charge is 0.353 e. The Bertz CT molecular complexity index is 961. The van der Waals surface area contributed by atoms with Gasteiger partial charge in [-0.3, -0.25) is 19.4 Å². The van der Waals surface area contributed by atoms with Gasteiger partial charge >= 0.3 is 0 Å². The molecule has 2 aromatic heterocycles. The number of fused-ring (bicyclic) bond motifs is 1. The standard InChI is InChI=1S/C24H34N8O2/c1-29-18(5-6-22(33)31-14-12-30(13-15-31)21-4-2-3-8-27-21)16-28-24(34)23-19(29)7-11-32(23)17-20-25-9-10-26-20/h2-4,8-10,18-19,23H,5-7,11-17H2,1H3,(H,25,26)(H,28,34)/t18-,19+,23-/m0/s1. The molecule has 3 aliphatic heterocycles. The van der Waals surface area contributed by atoms with Crippen LogP contribution in [0, 0.1) is 0 Å². The molecule has 0 unspecified atom stereocenters. The van der Waals surface area contributed by atoms with Gasteiger partial charge in [-0.15, -0.1) is 0 Å². The maximum absolute atomic E-state index is 13.0. The molecular formula is C24H34N8O2. The van der Waals surface area contributed by atoms with Crippen LogP contribution in [0.25, 0.3) is 0 Å². The van der Waals surface area contributed by atoms with Crippen molar-refractivity contribution in [2.24, 2.45) is 0 Å². The molecule has 0 bridgehead atoms. The number of aromatic nitrogens is 3. The Morgan fingerprint density at radius 2 is 1.97 bits per heavy atom. The number of carbonyl (C=O) groups is 2. The number of hydrogen-bond acceptors (Lipinski definition) is 7. The van der Waals surface area contributed by atoms with Gasteiger partial charge in [-0.25, -0.2) is 9.97 Å². The van der Waals surface area contributed by atoms with Crippen molar-refractivity contribution in [2.45, 2.75) is 43.9 Å². The van der Waals surface area contributed by atoms with Crippen LogP contribution in [0.3, 0.4) is 0 Å². The van der Waals surface area contributed by atoms with Gasteiger partial charge in [0.05, 0.1) is 6.54 Å². The number of imidazole rings is 1. The van der Waals surface area contributed by atoms with Crippen molar-refractivity contribution >= 4 is 17.6 Å². The zero-order valence-corrected chi connectivity index (χ0v) is 19.8. The van der Waals surface area contributed by atoms with Gasteiger partial charge in [0.1, 0.15) is 17.7 Å². The summed E-state index contributed by atoms with van der Waals surface area (Å²) in [6.45, 7) is 5.13. The fourth-order valence-corrected chi connectivity index (χ4v) is 5.58. The molecule has 5 rings (SSSR count). The smallest absolute Gasteiger partial charge is 0.239 e. The monoisotopic (exact) mass is 466 g/mol. The second kappa shape index (κ2) is 10.1. The molecule has 5 heterocycles. The molecule has 10 nitrogen and oxygen atoms in total. The van der Waals surface area contributed by atoms with E-state index in [1.165, 1.54) is 0 Å². The zero-order chi connectivity index (χ0) is 23.5. The van der Waals surface area contributed by atoms with E-state index in [2.05, 4.69) is 42.0 Å². The van der Waals surface area contributed by atoms with E-state index in [4.69, 9.17) is 0 Å². The van der Waals surface area contributed by atoms with Gasteiger partial charge in [-0.05, 0) is 32.0 Å². The van der Waals surface area contributed by atoms with Gasteiger partial charge in [0, 0.05) is 76.4 Å². The number of likely N-dealkylation sites (tertiary alicyclic amines) is 1. The zero-order valence-electron chi connectivity index (χ0n) is 19.8. The Kier molecular flexibility index (Phi) is 6.77. The number of aromatic amines is 1. The lowest BCUT2D eigenvalue weighted by molar-refractivity contribution is -0.132. The number of piperazine rings is 1. The Labute approximate surface area is 200 Å². The number of carbonyl (C=O) groups excluding carboxylic acids is 2. The predicted octanol–water partition coefficient (Wildman–Crippen LogP) is 0.307. The van der Waals surface area contributed by atoms with Crippen LogP contribution in [0.2, 0.25) is 0 Å². The van der Waals surface area contributed by atoms with E-state index < -0.39 is 0 Å². The summed E-state index contributed by atoms with van der Waals surface area (Å²) in [6, 6.07) is 6.05. The van der Waals surface area contributed by atoms with Gasteiger partial charge in [0.25, 0.3) is 0 Å². The van der Waals surface area contributed by atoms with Crippen LogP contribution in [0.5, 0.6) is 0 Å². The number of pyridine rings is 1. The molecule has 3 fully saturated rings. The number of nitrogens with one attached hydrogen (secondary N) is 2. The van der Waals surface area contributed by atoms with Crippen molar-refractivity contribution in [3.63, 3.8) is 0 Å². The lowest BCUT2D eigenvalue weighted by Crippen LogP contribution is -2.50. The number of rotatable bonds is 6. The lowest BCUT2D eigenvalue weighted by Gasteiger charge is -2.36. The second-order valence-corrected chi connectivity index (χ2v) is 9.47. The van der Waals surface area contributed by atoms with E-state index in [1.54, 1.807) is 12.4 Å². The summed E-state index contributed by atoms with van der Waals surface area (Å²) in [4.78, 5) is 46.6. The summed E-state index contributed by atoms with van der Waals surface area (Å²) in [5.41, 5.74) is 0. The number of nitrogens with zero attached hydrogens (tertiary/aromatic N) is 6. The molecule has 0 radical (unpaired) electrons. The van der Waals surface area contributed by atoms with Gasteiger partial charge in [-0.2, -0.15) is 0 Å². The van der Waals surface area contributed by atoms with Crippen LogP contribution < -0.4 is 10.2 Å². The molecule has 0 aliphatic carbocycles. The van der Waals surface area contributed by atoms with Gasteiger partial charge < -0.3 is 20.1 Å². The van der Waals surface area contributed by atoms with Crippen LogP contribution in [-0.4, -0.2) is 106 Å². The normalized spacial score (nSPS) is 26.3. The van der Waals surface area contributed by atoms with Gasteiger partial charge in [0.15, 0.2) is 0 Å². The van der Waals surface area contributed by atoms with Crippen molar-refractivity contribution in [2.75, 3.05) is 51.2 Å². The van der Waals surface area contributed by atoms with Crippen molar-refractivity contribution in [1.82, 2.24) is 35.0 Å². The minimum atomic E-state index is -0.185. The van der Waals surface area contributed by atoms with Crippen LogP contribution in [0.4, 0.5) is 5.82 Å². The number of amides is 2. The lowest BCUT2D eigenvalue weighted by atomic mass is 10.0. The third kappa shape index (κ3) is 4.78. The molecule has 10 heteroatoms. The fraction of sp³-hybridized carbons (Fsp3) is 0.583. The molecule has 3 saturated heterocycles. The van der Waals surface area contributed by atoms with E-state index in [-0.39, 0.29) is 29.9 Å². The van der Waals surface area contributed by atoms with Crippen LogP contribution >= 0.6 is 0 Å². The first-order valence-electron chi connectivity index (χ1n) is 12.3. The number of H-pyrrole nitrogens is 1. The molecular weight excluding hydrogens is 432 g/mol. The molecule has 34 heavy (non-hydrogen) atoms. The first kappa shape index (κ1) is 22.8. The van der Waals surface area contributed by atoms with E-state index in [0.717, 1.165) is 57.2 Å². The summed E-state index contributed by atoms with van der Waals surface area (Å²) in [7, 11) is 2.11. The SMILES string of the molecule is CN1[C@@H](CCC(=O)N2CCN(c3ccccn3)CC2)CNC(=O)[C@@H]2[C@H]1CCN2Cc1ncc[nH]1. The van der Waals surface area contributed by atoms with E-state index in [0.29, 0.717) is 19.5 Å². The average Bonchev–Trinajstić information content (AvgIpc) is 3.52. The Morgan fingerprint density at radius 1 is 1.12 bits per heavy atom. The first-order chi connectivity index (χ1) is 16.6. The Morgan fingerprint density at radius 3 is 2.71 bits per heavy atom. The quantitative estimate of drug-likeness (QED) is 0.632. The maximum atomic E-state index is 13.0. The molecule has 0 saturated carbocycles. The summed E-state index contributed by atoms with van der Waals surface area (Å²) < 4.78 is 0. The highest BCUT2D eigenvalue weighted by Gasteiger charge is 2.45. The molecule has 2 N–H and O–H groups in total. The molecule has 3 aliphatic rings. The van der Waals surface area contributed by atoms with Crippen molar-refractivity contribution in [3.8, 4) is 0 Å². The molecule has 0 aromatic carbocycles. The Hall–Kier alpha value is -2.98. The highest BCUT2D eigenvalue weighted by atomic mass is 16.2. The topological polar surface area (TPSA) is 101 Å². The molecule has 182 valence electrons.